The third kappa shape index (κ3) is 4.78. The number of hydrogen-bond acceptors (Lipinski definition) is 5. The fourth-order valence-corrected chi connectivity index (χ4v) is 2.53. The minimum atomic E-state index is 0.0219. The zero-order chi connectivity index (χ0) is 15.2. The monoisotopic (exact) mass is 295 g/mol. The van der Waals surface area contributed by atoms with Crippen LogP contribution in [-0.2, 0) is 11.2 Å². The molecule has 1 heterocycles. The highest BCUT2D eigenvalue weighted by Gasteiger charge is 2.36. The van der Waals surface area contributed by atoms with Gasteiger partial charge in [0, 0.05) is 19.1 Å². The minimum absolute atomic E-state index is 0.0219. The molecule has 21 heavy (non-hydrogen) atoms. The number of rotatable bonds is 10. The summed E-state index contributed by atoms with van der Waals surface area (Å²) < 4.78 is 11.2. The highest BCUT2D eigenvalue weighted by atomic mass is 16.5. The van der Waals surface area contributed by atoms with Crippen molar-refractivity contribution in [1.29, 1.82) is 0 Å². The third-order valence-electron chi connectivity index (χ3n) is 3.99. The maximum atomic E-state index is 5.78. The molecule has 1 aliphatic carbocycles. The molecular weight excluding hydrogens is 266 g/mol. The van der Waals surface area contributed by atoms with Crippen molar-refractivity contribution in [2.75, 3.05) is 13.2 Å². The summed E-state index contributed by atoms with van der Waals surface area (Å²) in [6.07, 6.45) is 4.36. The summed E-state index contributed by atoms with van der Waals surface area (Å²) in [5.74, 6) is 2.57. The second-order valence-corrected chi connectivity index (χ2v) is 6.27. The molecule has 5 nitrogen and oxygen atoms in total. The smallest absolute Gasteiger partial charge is 0.228 e. The molecule has 120 valence electrons. The number of hydrogen-bond donors (Lipinski definition) is 1. The van der Waals surface area contributed by atoms with E-state index >= 15 is 0 Å². The van der Waals surface area contributed by atoms with Gasteiger partial charge in [-0.05, 0) is 44.6 Å². The van der Waals surface area contributed by atoms with E-state index in [2.05, 4.69) is 36.2 Å². The van der Waals surface area contributed by atoms with Crippen LogP contribution in [-0.4, -0.2) is 29.3 Å². The van der Waals surface area contributed by atoms with Crippen LogP contribution in [0.15, 0.2) is 4.52 Å². The molecule has 0 radical (unpaired) electrons. The Morgan fingerprint density at radius 1 is 1.33 bits per heavy atom. The molecule has 5 heteroatoms. The molecule has 0 aliphatic heterocycles. The quantitative estimate of drug-likeness (QED) is 0.718. The van der Waals surface area contributed by atoms with Crippen LogP contribution in [0.2, 0.25) is 0 Å². The topological polar surface area (TPSA) is 60.2 Å². The molecule has 1 aromatic heterocycles. The van der Waals surface area contributed by atoms with Crippen molar-refractivity contribution in [2.45, 2.75) is 65.5 Å². The van der Waals surface area contributed by atoms with E-state index in [-0.39, 0.29) is 6.10 Å². The van der Waals surface area contributed by atoms with Gasteiger partial charge < -0.3 is 14.6 Å². The highest BCUT2D eigenvalue weighted by molar-refractivity contribution is 4.99. The highest BCUT2D eigenvalue weighted by Crippen LogP contribution is 2.42. The Kier molecular flexibility index (Phi) is 6.18. The van der Waals surface area contributed by atoms with Crippen LogP contribution in [0.3, 0.4) is 0 Å². The summed E-state index contributed by atoms with van der Waals surface area (Å²) in [5, 5.41) is 7.71. The second kappa shape index (κ2) is 7.90. The Bertz CT molecular complexity index is 415. The maximum Gasteiger partial charge on any atom is 0.228 e. The van der Waals surface area contributed by atoms with Gasteiger partial charge in [0.25, 0.3) is 0 Å². The zero-order valence-electron chi connectivity index (χ0n) is 13.8. The van der Waals surface area contributed by atoms with E-state index in [0.717, 1.165) is 31.1 Å². The van der Waals surface area contributed by atoms with Gasteiger partial charge in [0.15, 0.2) is 0 Å². The van der Waals surface area contributed by atoms with Gasteiger partial charge in [-0.2, -0.15) is 4.98 Å². The normalized spacial score (nSPS) is 18.1. The Labute approximate surface area is 127 Å². The van der Waals surface area contributed by atoms with Crippen LogP contribution in [0.1, 0.15) is 64.8 Å². The summed E-state index contributed by atoms with van der Waals surface area (Å²) in [5.41, 5.74) is 0. The van der Waals surface area contributed by atoms with Crippen LogP contribution in [0.4, 0.5) is 0 Å². The maximum absolute atomic E-state index is 5.78. The van der Waals surface area contributed by atoms with Gasteiger partial charge in [-0.3, -0.25) is 0 Å². The van der Waals surface area contributed by atoms with Crippen LogP contribution in [0, 0.1) is 11.8 Å². The van der Waals surface area contributed by atoms with Gasteiger partial charge >= 0.3 is 0 Å². The lowest BCUT2D eigenvalue weighted by atomic mass is 10.0. The number of ether oxygens (including phenoxy) is 1. The van der Waals surface area contributed by atoms with Crippen LogP contribution >= 0.6 is 0 Å². The fraction of sp³-hybridized carbons (Fsp3) is 0.875. The van der Waals surface area contributed by atoms with Crippen molar-refractivity contribution < 1.29 is 9.26 Å². The van der Waals surface area contributed by atoms with Gasteiger partial charge in [0.2, 0.25) is 11.7 Å². The Morgan fingerprint density at radius 3 is 2.67 bits per heavy atom. The molecular formula is C16H29N3O2. The summed E-state index contributed by atoms with van der Waals surface area (Å²) in [6, 6.07) is 0.379. The average molecular weight is 295 g/mol. The number of aromatic nitrogens is 2. The third-order valence-corrected chi connectivity index (χ3v) is 3.99. The first-order valence-corrected chi connectivity index (χ1v) is 8.33. The predicted octanol–water partition coefficient (Wildman–Crippen LogP) is 3.12. The first-order valence-electron chi connectivity index (χ1n) is 8.33. The van der Waals surface area contributed by atoms with E-state index in [0.29, 0.717) is 24.5 Å². The van der Waals surface area contributed by atoms with E-state index in [9.17, 15) is 0 Å². The molecule has 2 atom stereocenters. The molecule has 0 amide bonds. The summed E-state index contributed by atoms with van der Waals surface area (Å²) in [6.45, 7) is 10.3. The summed E-state index contributed by atoms with van der Waals surface area (Å²) in [4.78, 5) is 4.58. The largest absolute Gasteiger partial charge is 0.370 e. The van der Waals surface area contributed by atoms with E-state index in [4.69, 9.17) is 9.26 Å². The Morgan fingerprint density at radius 2 is 2.10 bits per heavy atom. The van der Waals surface area contributed by atoms with Crippen LogP contribution in [0.25, 0.3) is 0 Å². The lowest BCUT2D eigenvalue weighted by molar-refractivity contribution is 0.0384. The van der Waals surface area contributed by atoms with Gasteiger partial charge in [-0.1, -0.05) is 25.9 Å². The predicted molar refractivity (Wildman–Crippen MR) is 82.0 cm³/mol. The molecule has 1 fully saturated rings. The van der Waals surface area contributed by atoms with Crippen molar-refractivity contribution in [2.24, 2.45) is 11.8 Å². The lowest BCUT2D eigenvalue weighted by Crippen LogP contribution is -2.36. The first kappa shape index (κ1) is 16.4. The average Bonchev–Trinajstić information content (AvgIpc) is 3.19. The second-order valence-electron chi connectivity index (χ2n) is 6.27. The van der Waals surface area contributed by atoms with Crippen LogP contribution in [0.5, 0.6) is 0 Å². The van der Waals surface area contributed by atoms with Crippen molar-refractivity contribution in [3.63, 3.8) is 0 Å². The van der Waals surface area contributed by atoms with Crippen molar-refractivity contribution in [3.8, 4) is 0 Å². The fourth-order valence-electron chi connectivity index (χ4n) is 2.53. The number of nitrogens with zero attached hydrogens (tertiary/aromatic N) is 2. The van der Waals surface area contributed by atoms with E-state index in [1.807, 2.05) is 6.92 Å². The molecule has 0 saturated heterocycles. The SMILES string of the molecule is CCCNC(Cc1nc(C(OCC)C2CC2)no1)C(C)C. The summed E-state index contributed by atoms with van der Waals surface area (Å²) in [7, 11) is 0. The molecule has 1 aromatic rings. The van der Waals surface area contributed by atoms with Gasteiger partial charge in [0.1, 0.15) is 6.10 Å². The molecule has 0 bridgehead atoms. The van der Waals surface area contributed by atoms with Crippen LogP contribution < -0.4 is 5.32 Å². The lowest BCUT2D eigenvalue weighted by Gasteiger charge is -2.20. The van der Waals surface area contributed by atoms with Gasteiger partial charge in [0.05, 0.1) is 0 Å². The van der Waals surface area contributed by atoms with E-state index in [1.165, 1.54) is 12.8 Å². The molecule has 2 rings (SSSR count). The van der Waals surface area contributed by atoms with Crippen molar-refractivity contribution in [1.82, 2.24) is 15.5 Å². The Balaban J connectivity index is 1.97. The van der Waals surface area contributed by atoms with E-state index < -0.39 is 0 Å². The minimum Gasteiger partial charge on any atom is -0.370 e. The van der Waals surface area contributed by atoms with Crippen molar-refractivity contribution >= 4 is 0 Å². The molecule has 1 N–H and O–H groups in total. The molecule has 0 spiro atoms. The molecule has 0 aromatic carbocycles. The summed E-state index contributed by atoms with van der Waals surface area (Å²) >= 11 is 0. The zero-order valence-corrected chi connectivity index (χ0v) is 13.8. The van der Waals surface area contributed by atoms with E-state index in [1.54, 1.807) is 0 Å². The first-order chi connectivity index (χ1) is 10.2. The Hall–Kier alpha value is -0.940. The van der Waals surface area contributed by atoms with Gasteiger partial charge in [-0.15, -0.1) is 0 Å². The molecule has 1 saturated carbocycles. The van der Waals surface area contributed by atoms with Gasteiger partial charge in [-0.25, -0.2) is 0 Å². The standard InChI is InChI=1S/C16H29N3O2/c1-5-9-17-13(11(3)4)10-14-18-16(19-21-14)15(20-6-2)12-7-8-12/h11-13,15,17H,5-10H2,1-4H3. The molecule has 1 aliphatic rings. The van der Waals surface area contributed by atoms with Crippen molar-refractivity contribution in [3.05, 3.63) is 11.7 Å². The molecule has 2 unspecified atom stereocenters. The number of nitrogens with one attached hydrogen (secondary N) is 1.